The van der Waals surface area contributed by atoms with Crippen molar-refractivity contribution in [1.29, 1.82) is 0 Å². The first kappa shape index (κ1) is 14.3. The SMILES string of the molecule is COCCOc1ccccc1C(NN)C1CCCC1. The number of benzene rings is 1. The van der Waals surface area contributed by atoms with Gasteiger partial charge >= 0.3 is 0 Å². The van der Waals surface area contributed by atoms with Crippen molar-refractivity contribution >= 4 is 0 Å². The molecule has 4 nitrogen and oxygen atoms in total. The molecule has 1 aromatic rings. The number of para-hydroxylation sites is 1. The molecule has 3 N–H and O–H groups in total. The third-order valence-corrected chi connectivity index (χ3v) is 3.85. The maximum absolute atomic E-state index is 5.80. The summed E-state index contributed by atoms with van der Waals surface area (Å²) in [4.78, 5) is 0. The Labute approximate surface area is 115 Å². The van der Waals surface area contributed by atoms with Crippen molar-refractivity contribution in [1.82, 2.24) is 5.43 Å². The van der Waals surface area contributed by atoms with Gasteiger partial charge in [-0.25, -0.2) is 0 Å². The summed E-state index contributed by atoms with van der Waals surface area (Å²) in [7, 11) is 1.68. The minimum Gasteiger partial charge on any atom is -0.491 e. The summed E-state index contributed by atoms with van der Waals surface area (Å²) in [5.41, 5.74) is 4.14. The number of hydrazine groups is 1. The van der Waals surface area contributed by atoms with Crippen molar-refractivity contribution in [3.63, 3.8) is 0 Å². The maximum atomic E-state index is 5.80. The van der Waals surface area contributed by atoms with Crippen LogP contribution in [0.25, 0.3) is 0 Å². The largest absolute Gasteiger partial charge is 0.491 e. The molecule has 1 unspecified atom stereocenters. The molecule has 0 amide bonds. The number of nitrogens with one attached hydrogen (secondary N) is 1. The topological polar surface area (TPSA) is 56.5 Å². The van der Waals surface area contributed by atoms with Crippen LogP contribution in [-0.2, 0) is 4.74 Å². The Kier molecular flexibility index (Phi) is 5.63. The van der Waals surface area contributed by atoms with Gasteiger partial charge in [-0.1, -0.05) is 31.0 Å². The molecular formula is C15H24N2O2. The summed E-state index contributed by atoms with van der Waals surface area (Å²) in [5.74, 6) is 7.30. The molecule has 4 heteroatoms. The summed E-state index contributed by atoms with van der Waals surface area (Å²) in [6.07, 6.45) is 5.08. The standard InChI is InChI=1S/C15H24N2O2/c1-18-10-11-19-14-9-5-4-8-13(14)15(17-16)12-6-2-3-7-12/h4-5,8-9,12,15,17H,2-3,6-7,10-11,16H2,1H3. The zero-order valence-corrected chi connectivity index (χ0v) is 11.6. The van der Waals surface area contributed by atoms with Gasteiger partial charge in [-0.05, 0) is 24.8 Å². The molecule has 0 spiro atoms. The van der Waals surface area contributed by atoms with Gasteiger partial charge in [0.25, 0.3) is 0 Å². The lowest BCUT2D eigenvalue weighted by Gasteiger charge is -2.25. The van der Waals surface area contributed by atoms with Crippen LogP contribution < -0.4 is 16.0 Å². The molecule has 1 atom stereocenters. The van der Waals surface area contributed by atoms with Crippen LogP contribution in [0.5, 0.6) is 5.75 Å². The number of methoxy groups -OCH3 is 1. The Balaban J connectivity index is 2.11. The molecule has 0 heterocycles. The molecule has 0 saturated heterocycles. The summed E-state index contributed by atoms with van der Waals surface area (Å²) in [6, 6.07) is 8.32. The van der Waals surface area contributed by atoms with Crippen molar-refractivity contribution in [2.24, 2.45) is 11.8 Å². The van der Waals surface area contributed by atoms with Gasteiger partial charge < -0.3 is 9.47 Å². The van der Waals surface area contributed by atoms with E-state index in [9.17, 15) is 0 Å². The Bertz CT molecular complexity index is 378. The van der Waals surface area contributed by atoms with E-state index >= 15 is 0 Å². The predicted molar refractivity (Wildman–Crippen MR) is 75.8 cm³/mol. The number of ether oxygens (including phenoxy) is 2. The van der Waals surface area contributed by atoms with Crippen LogP contribution in [-0.4, -0.2) is 20.3 Å². The van der Waals surface area contributed by atoms with E-state index in [1.54, 1.807) is 7.11 Å². The van der Waals surface area contributed by atoms with Crippen molar-refractivity contribution in [2.75, 3.05) is 20.3 Å². The fourth-order valence-electron chi connectivity index (χ4n) is 2.87. The Morgan fingerprint density at radius 1 is 1.26 bits per heavy atom. The molecular weight excluding hydrogens is 240 g/mol. The van der Waals surface area contributed by atoms with Crippen molar-refractivity contribution in [3.8, 4) is 5.75 Å². The molecule has 106 valence electrons. The smallest absolute Gasteiger partial charge is 0.124 e. The molecule has 0 radical (unpaired) electrons. The molecule has 1 aliphatic rings. The maximum Gasteiger partial charge on any atom is 0.124 e. The van der Waals surface area contributed by atoms with E-state index in [0.717, 1.165) is 11.3 Å². The van der Waals surface area contributed by atoms with Crippen molar-refractivity contribution < 1.29 is 9.47 Å². The van der Waals surface area contributed by atoms with E-state index in [1.807, 2.05) is 18.2 Å². The molecule has 0 aromatic heterocycles. The fourth-order valence-corrected chi connectivity index (χ4v) is 2.87. The minimum atomic E-state index is 0.182. The third kappa shape index (κ3) is 3.69. The molecule has 1 aliphatic carbocycles. The first-order valence-corrected chi connectivity index (χ1v) is 7.03. The first-order valence-electron chi connectivity index (χ1n) is 7.03. The summed E-state index contributed by atoms with van der Waals surface area (Å²) >= 11 is 0. The van der Waals surface area contributed by atoms with Gasteiger partial charge in [-0.2, -0.15) is 0 Å². The van der Waals surface area contributed by atoms with Gasteiger partial charge in [0.05, 0.1) is 12.6 Å². The van der Waals surface area contributed by atoms with E-state index in [0.29, 0.717) is 19.1 Å². The monoisotopic (exact) mass is 264 g/mol. The molecule has 0 bridgehead atoms. The Morgan fingerprint density at radius 2 is 2.00 bits per heavy atom. The quantitative estimate of drug-likeness (QED) is 0.451. The lowest BCUT2D eigenvalue weighted by molar-refractivity contribution is 0.145. The van der Waals surface area contributed by atoms with Crippen LogP contribution in [0.2, 0.25) is 0 Å². The van der Waals surface area contributed by atoms with Crippen LogP contribution in [0.15, 0.2) is 24.3 Å². The zero-order valence-electron chi connectivity index (χ0n) is 11.6. The highest BCUT2D eigenvalue weighted by molar-refractivity contribution is 5.36. The summed E-state index contributed by atoms with van der Waals surface area (Å²) < 4.78 is 10.8. The summed E-state index contributed by atoms with van der Waals surface area (Å²) in [6.45, 7) is 1.16. The van der Waals surface area contributed by atoms with Gasteiger partial charge in [-0.15, -0.1) is 0 Å². The van der Waals surface area contributed by atoms with E-state index in [-0.39, 0.29) is 6.04 Å². The average molecular weight is 264 g/mol. The van der Waals surface area contributed by atoms with Gasteiger partial charge in [-0.3, -0.25) is 11.3 Å². The second kappa shape index (κ2) is 7.48. The lowest BCUT2D eigenvalue weighted by Crippen LogP contribution is -2.33. The highest BCUT2D eigenvalue weighted by Gasteiger charge is 2.27. The van der Waals surface area contributed by atoms with Gasteiger partial charge in [0.1, 0.15) is 12.4 Å². The first-order chi connectivity index (χ1) is 9.36. The van der Waals surface area contributed by atoms with Crippen LogP contribution in [0.1, 0.15) is 37.3 Å². The highest BCUT2D eigenvalue weighted by Crippen LogP contribution is 2.38. The minimum absolute atomic E-state index is 0.182. The third-order valence-electron chi connectivity index (χ3n) is 3.85. The van der Waals surface area contributed by atoms with E-state index < -0.39 is 0 Å². The predicted octanol–water partition coefficient (Wildman–Crippen LogP) is 2.41. The van der Waals surface area contributed by atoms with Crippen LogP contribution >= 0.6 is 0 Å². The molecule has 1 aromatic carbocycles. The van der Waals surface area contributed by atoms with Crippen LogP contribution in [0, 0.1) is 5.92 Å². The second-order valence-electron chi connectivity index (χ2n) is 5.07. The fraction of sp³-hybridized carbons (Fsp3) is 0.600. The van der Waals surface area contributed by atoms with Crippen LogP contribution in [0.4, 0.5) is 0 Å². The number of rotatable bonds is 7. The number of nitrogens with two attached hydrogens (primary N) is 1. The number of hydrogen-bond donors (Lipinski definition) is 2. The Hall–Kier alpha value is -1.10. The molecule has 0 aliphatic heterocycles. The zero-order chi connectivity index (χ0) is 13.5. The molecule has 1 fully saturated rings. The molecule has 19 heavy (non-hydrogen) atoms. The van der Waals surface area contributed by atoms with Gasteiger partial charge in [0.2, 0.25) is 0 Å². The van der Waals surface area contributed by atoms with Gasteiger partial charge in [0.15, 0.2) is 0 Å². The average Bonchev–Trinajstić information content (AvgIpc) is 2.96. The normalized spacial score (nSPS) is 17.6. The Morgan fingerprint density at radius 3 is 2.68 bits per heavy atom. The van der Waals surface area contributed by atoms with Gasteiger partial charge in [0, 0.05) is 12.7 Å². The second-order valence-corrected chi connectivity index (χ2v) is 5.07. The van der Waals surface area contributed by atoms with Crippen molar-refractivity contribution in [2.45, 2.75) is 31.7 Å². The highest BCUT2D eigenvalue weighted by atomic mass is 16.5. The van der Waals surface area contributed by atoms with Crippen molar-refractivity contribution in [3.05, 3.63) is 29.8 Å². The summed E-state index contributed by atoms with van der Waals surface area (Å²) in [5, 5.41) is 0. The van der Waals surface area contributed by atoms with E-state index in [4.69, 9.17) is 15.3 Å². The van der Waals surface area contributed by atoms with Crippen LogP contribution in [0.3, 0.4) is 0 Å². The van der Waals surface area contributed by atoms with E-state index in [2.05, 4.69) is 11.5 Å². The molecule has 2 rings (SSSR count). The molecule has 1 saturated carbocycles. The van der Waals surface area contributed by atoms with E-state index in [1.165, 1.54) is 25.7 Å². The lowest BCUT2D eigenvalue weighted by atomic mass is 9.91. The number of hydrogen-bond acceptors (Lipinski definition) is 4.